The van der Waals surface area contributed by atoms with Gasteiger partial charge in [0, 0.05) is 20.3 Å². The highest BCUT2D eigenvalue weighted by atomic mass is 79.9. The summed E-state index contributed by atoms with van der Waals surface area (Å²) in [6.45, 7) is 6.61. The van der Waals surface area contributed by atoms with Gasteiger partial charge in [-0.15, -0.1) is 0 Å². The van der Waals surface area contributed by atoms with Gasteiger partial charge in [-0.1, -0.05) is 0 Å². The predicted octanol–water partition coefficient (Wildman–Crippen LogP) is 2.44. The normalized spacial score (nSPS) is 11.1. The molecule has 21 heavy (non-hydrogen) atoms. The van der Waals surface area contributed by atoms with E-state index < -0.39 is 0 Å². The van der Waals surface area contributed by atoms with Gasteiger partial charge in [-0.2, -0.15) is 5.10 Å². The van der Waals surface area contributed by atoms with Crippen molar-refractivity contribution in [3.05, 3.63) is 21.0 Å². The number of halogens is 1. The molecule has 0 aliphatic carbocycles. The van der Waals surface area contributed by atoms with Gasteiger partial charge in [0.2, 0.25) is 0 Å². The first-order valence-electron chi connectivity index (χ1n) is 7.15. The van der Waals surface area contributed by atoms with Gasteiger partial charge >= 0.3 is 0 Å². The number of rotatable bonds is 10. The van der Waals surface area contributed by atoms with Gasteiger partial charge in [0.05, 0.1) is 31.1 Å². The van der Waals surface area contributed by atoms with Gasteiger partial charge in [-0.3, -0.25) is 4.79 Å². The number of unbranched alkanes of at least 4 members (excludes halogenated alkanes) is 1. The molecule has 0 bridgehead atoms. The third kappa shape index (κ3) is 6.15. The van der Waals surface area contributed by atoms with Gasteiger partial charge in [0.15, 0.2) is 0 Å². The highest BCUT2D eigenvalue weighted by Crippen LogP contribution is 2.17. The Bertz CT molecular complexity index is 477. The standard InChI is InChI=1S/C14H24BrN3O3/c1-11(2)18-14(19)13(15)12(10-17-18)16-6-4-5-7-21-9-8-20-3/h10-11,16H,4-9H2,1-3H3. The summed E-state index contributed by atoms with van der Waals surface area (Å²) in [4.78, 5) is 12.0. The maximum absolute atomic E-state index is 12.0. The average molecular weight is 362 g/mol. The molecular weight excluding hydrogens is 338 g/mol. The second-order valence-electron chi connectivity index (χ2n) is 4.95. The number of anilines is 1. The molecule has 6 nitrogen and oxygen atoms in total. The lowest BCUT2D eigenvalue weighted by molar-refractivity contribution is 0.0691. The number of hydrogen-bond donors (Lipinski definition) is 1. The van der Waals surface area contributed by atoms with E-state index in [9.17, 15) is 4.79 Å². The topological polar surface area (TPSA) is 65.4 Å². The van der Waals surface area contributed by atoms with Crippen LogP contribution in [0.2, 0.25) is 0 Å². The van der Waals surface area contributed by atoms with E-state index in [0.29, 0.717) is 17.7 Å². The van der Waals surface area contributed by atoms with E-state index in [4.69, 9.17) is 9.47 Å². The Balaban J connectivity index is 2.33. The third-order valence-electron chi connectivity index (χ3n) is 2.90. The second kappa shape index (κ2) is 9.92. The number of hydrogen-bond acceptors (Lipinski definition) is 5. The van der Waals surface area contributed by atoms with E-state index in [2.05, 4.69) is 26.3 Å². The highest BCUT2D eigenvalue weighted by Gasteiger charge is 2.10. The Morgan fingerprint density at radius 2 is 2.10 bits per heavy atom. The first-order chi connectivity index (χ1) is 10.1. The molecule has 1 rings (SSSR count). The summed E-state index contributed by atoms with van der Waals surface area (Å²) in [6.07, 6.45) is 3.61. The van der Waals surface area contributed by atoms with Crippen LogP contribution in [-0.2, 0) is 9.47 Å². The fraction of sp³-hybridized carbons (Fsp3) is 0.714. The summed E-state index contributed by atoms with van der Waals surface area (Å²) in [5.74, 6) is 0. The Hall–Kier alpha value is -0.920. The number of nitrogens with zero attached hydrogens (tertiary/aromatic N) is 2. The summed E-state index contributed by atoms with van der Waals surface area (Å²) in [6, 6.07) is 0.0482. The molecule has 0 aliphatic rings. The molecule has 0 spiro atoms. The maximum atomic E-state index is 12.0. The van der Waals surface area contributed by atoms with Crippen LogP contribution in [0, 0.1) is 0 Å². The van der Waals surface area contributed by atoms with Crippen LogP contribution >= 0.6 is 15.9 Å². The van der Waals surface area contributed by atoms with Crippen molar-refractivity contribution >= 4 is 21.6 Å². The van der Waals surface area contributed by atoms with Gasteiger partial charge in [0.25, 0.3) is 5.56 Å². The molecule has 0 saturated heterocycles. The smallest absolute Gasteiger partial charge is 0.283 e. The van der Waals surface area contributed by atoms with Crippen molar-refractivity contribution in [2.45, 2.75) is 32.7 Å². The molecule has 0 aliphatic heterocycles. The Labute approximate surface area is 134 Å². The van der Waals surface area contributed by atoms with Crippen molar-refractivity contribution in [1.82, 2.24) is 9.78 Å². The Kier molecular flexibility index (Phi) is 8.56. The maximum Gasteiger partial charge on any atom is 0.283 e. The zero-order valence-corrected chi connectivity index (χ0v) is 14.5. The van der Waals surface area contributed by atoms with Gasteiger partial charge in [-0.05, 0) is 42.6 Å². The van der Waals surface area contributed by atoms with Crippen LogP contribution in [-0.4, -0.2) is 43.3 Å². The van der Waals surface area contributed by atoms with Crippen LogP contribution in [0.1, 0.15) is 32.7 Å². The van der Waals surface area contributed by atoms with Gasteiger partial charge in [0.1, 0.15) is 4.47 Å². The zero-order chi connectivity index (χ0) is 15.7. The lowest BCUT2D eigenvalue weighted by Crippen LogP contribution is -2.26. The van der Waals surface area contributed by atoms with E-state index in [1.165, 1.54) is 4.68 Å². The summed E-state index contributed by atoms with van der Waals surface area (Å²) in [7, 11) is 1.66. The fourth-order valence-corrected chi connectivity index (χ4v) is 2.16. The van der Waals surface area contributed by atoms with Crippen molar-refractivity contribution in [1.29, 1.82) is 0 Å². The SMILES string of the molecule is COCCOCCCCNc1cnn(C(C)C)c(=O)c1Br. The van der Waals surface area contributed by atoms with Crippen molar-refractivity contribution in [2.75, 3.05) is 38.8 Å². The summed E-state index contributed by atoms with van der Waals surface area (Å²) in [5, 5.41) is 7.38. The van der Waals surface area contributed by atoms with Crippen molar-refractivity contribution in [3.63, 3.8) is 0 Å². The quantitative estimate of drug-likeness (QED) is 0.648. The zero-order valence-electron chi connectivity index (χ0n) is 12.9. The van der Waals surface area contributed by atoms with Crippen LogP contribution in [0.15, 0.2) is 15.5 Å². The van der Waals surface area contributed by atoms with Crippen LogP contribution < -0.4 is 10.9 Å². The summed E-state index contributed by atoms with van der Waals surface area (Å²) in [5.41, 5.74) is 0.620. The van der Waals surface area contributed by atoms with E-state index in [1.54, 1.807) is 13.3 Å². The minimum absolute atomic E-state index is 0.0482. The molecule has 0 unspecified atom stereocenters. The average Bonchev–Trinajstić information content (AvgIpc) is 2.45. The Morgan fingerprint density at radius 1 is 1.33 bits per heavy atom. The molecule has 7 heteroatoms. The largest absolute Gasteiger partial charge is 0.383 e. The number of ether oxygens (including phenoxy) is 2. The minimum atomic E-state index is -0.113. The van der Waals surface area contributed by atoms with E-state index in [1.807, 2.05) is 13.8 Å². The van der Waals surface area contributed by atoms with Crippen LogP contribution in [0.25, 0.3) is 0 Å². The molecular formula is C14H24BrN3O3. The van der Waals surface area contributed by atoms with Crippen LogP contribution in [0.5, 0.6) is 0 Å². The number of aromatic nitrogens is 2. The molecule has 0 amide bonds. The Morgan fingerprint density at radius 3 is 2.76 bits per heavy atom. The molecule has 0 fully saturated rings. The minimum Gasteiger partial charge on any atom is -0.383 e. The molecule has 0 radical (unpaired) electrons. The molecule has 1 N–H and O–H groups in total. The highest BCUT2D eigenvalue weighted by molar-refractivity contribution is 9.10. The second-order valence-corrected chi connectivity index (χ2v) is 5.75. The van der Waals surface area contributed by atoms with Gasteiger partial charge < -0.3 is 14.8 Å². The van der Waals surface area contributed by atoms with Crippen LogP contribution in [0.4, 0.5) is 5.69 Å². The molecule has 0 atom stereocenters. The first kappa shape index (κ1) is 18.1. The molecule has 0 aromatic carbocycles. The lowest BCUT2D eigenvalue weighted by Gasteiger charge is -2.12. The van der Waals surface area contributed by atoms with Crippen molar-refractivity contribution in [3.8, 4) is 0 Å². The van der Waals surface area contributed by atoms with Crippen LogP contribution in [0.3, 0.4) is 0 Å². The van der Waals surface area contributed by atoms with Gasteiger partial charge in [-0.25, -0.2) is 4.68 Å². The monoisotopic (exact) mass is 361 g/mol. The molecule has 0 saturated carbocycles. The van der Waals surface area contributed by atoms with E-state index in [-0.39, 0.29) is 11.6 Å². The number of nitrogens with one attached hydrogen (secondary N) is 1. The molecule has 120 valence electrons. The first-order valence-corrected chi connectivity index (χ1v) is 7.95. The van der Waals surface area contributed by atoms with Crippen molar-refractivity contribution in [2.24, 2.45) is 0 Å². The lowest BCUT2D eigenvalue weighted by atomic mass is 10.3. The summed E-state index contributed by atoms with van der Waals surface area (Å²) >= 11 is 3.34. The van der Waals surface area contributed by atoms with E-state index in [0.717, 1.165) is 31.7 Å². The number of methoxy groups -OCH3 is 1. The predicted molar refractivity (Wildman–Crippen MR) is 87.0 cm³/mol. The van der Waals surface area contributed by atoms with E-state index >= 15 is 0 Å². The third-order valence-corrected chi connectivity index (χ3v) is 3.66. The molecule has 1 aromatic heterocycles. The molecule has 1 heterocycles. The van der Waals surface area contributed by atoms with Crippen molar-refractivity contribution < 1.29 is 9.47 Å². The fourth-order valence-electron chi connectivity index (χ4n) is 1.73. The molecule has 1 aromatic rings. The summed E-state index contributed by atoms with van der Waals surface area (Å²) < 4.78 is 12.3.